The molecule has 0 saturated carbocycles. The van der Waals surface area contributed by atoms with Gasteiger partial charge in [0.2, 0.25) is 0 Å². The fourth-order valence-electron chi connectivity index (χ4n) is 2.93. The van der Waals surface area contributed by atoms with Crippen molar-refractivity contribution in [2.45, 2.75) is 25.4 Å². The van der Waals surface area contributed by atoms with Gasteiger partial charge in [-0.25, -0.2) is 0 Å². The minimum absolute atomic E-state index is 0.0292. The van der Waals surface area contributed by atoms with Gasteiger partial charge in [-0.3, -0.25) is 9.69 Å². The van der Waals surface area contributed by atoms with E-state index in [1.54, 1.807) is 6.20 Å². The molecular formula is C16H20N4OS. The Hall–Kier alpha value is -1.79. The molecule has 1 aromatic heterocycles. The highest BCUT2D eigenvalue weighted by atomic mass is 32.1. The van der Waals surface area contributed by atoms with Crippen LogP contribution >= 0.6 is 11.5 Å². The molecule has 0 N–H and O–H groups in total. The Kier molecular flexibility index (Phi) is 4.80. The molecule has 116 valence electrons. The molecule has 1 aromatic carbocycles. The fourth-order valence-corrected chi connectivity index (χ4v) is 3.43. The van der Waals surface area contributed by atoms with Crippen LogP contribution < -0.4 is 0 Å². The highest BCUT2D eigenvalue weighted by molar-refractivity contribution is 7.07. The lowest BCUT2D eigenvalue weighted by molar-refractivity contribution is 0.0613. The van der Waals surface area contributed by atoms with Crippen molar-refractivity contribution in [2.24, 2.45) is 0 Å². The van der Waals surface area contributed by atoms with E-state index in [0.717, 1.165) is 44.0 Å². The van der Waals surface area contributed by atoms with E-state index in [2.05, 4.69) is 38.8 Å². The van der Waals surface area contributed by atoms with Gasteiger partial charge in [0.1, 0.15) is 4.88 Å². The number of hydrogen-bond acceptors (Lipinski definition) is 5. The van der Waals surface area contributed by atoms with E-state index in [4.69, 9.17) is 0 Å². The van der Waals surface area contributed by atoms with Crippen LogP contribution in [0.5, 0.6) is 0 Å². The van der Waals surface area contributed by atoms with E-state index < -0.39 is 0 Å². The molecule has 1 fully saturated rings. The van der Waals surface area contributed by atoms with Crippen LogP contribution in [0.1, 0.15) is 28.1 Å². The topological polar surface area (TPSA) is 49.3 Å². The number of amides is 1. The maximum absolute atomic E-state index is 12.4. The van der Waals surface area contributed by atoms with Gasteiger partial charge < -0.3 is 4.90 Å². The van der Waals surface area contributed by atoms with Crippen molar-refractivity contribution >= 4 is 17.4 Å². The van der Waals surface area contributed by atoms with Crippen LogP contribution in [0, 0.1) is 0 Å². The highest BCUT2D eigenvalue weighted by Crippen LogP contribution is 2.19. The third-order valence-corrected chi connectivity index (χ3v) is 4.82. The van der Waals surface area contributed by atoms with Crippen LogP contribution in [-0.4, -0.2) is 51.5 Å². The average molecular weight is 316 g/mol. The lowest BCUT2D eigenvalue weighted by atomic mass is 10.0. The molecule has 1 atom stereocenters. The third kappa shape index (κ3) is 3.51. The number of nitrogens with zero attached hydrogens (tertiary/aromatic N) is 4. The predicted molar refractivity (Wildman–Crippen MR) is 86.7 cm³/mol. The zero-order valence-corrected chi connectivity index (χ0v) is 13.5. The number of likely N-dealkylation sites (tertiary alicyclic amines) is 1. The minimum atomic E-state index is 0.0292. The summed E-state index contributed by atoms with van der Waals surface area (Å²) in [7, 11) is 1.89. The van der Waals surface area contributed by atoms with E-state index in [9.17, 15) is 4.79 Å². The van der Waals surface area contributed by atoms with Gasteiger partial charge in [-0.05, 0) is 36.5 Å². The number of carbonyl (C=O) groups excluding carboxylic acids is 1. The molecule has 6 heteroatoms. The van der Waals surface area contributed by atoms with Gasteiger partial charge in [0.05, 0.1) is 6.20 Å². The van der Waals surface area contributed by atoms with Crippen molar-refractivity contribution in [3.63, 3.8) is 0 Å². The van der Waals surface area contributed by atoms with E-state index in [1.165, 1.54) is 5.56 Å². The van der Waals surface area contributed by atoms with E-state index >= 15 is 0 Å². The van der Waals surface area contributed by atoms with Crippen LogP contribution in [0.3, 0.4) is 0 Å². The molecule has 0 bridgehead atoms. The Morgan fingerprint density at radius 3 is 2.95 bits per heavy atom. The molecule has 2 heterocycles. The molecule has 0 aliphatic carbocycles. The summed E-state index contributed by atoms with van der Waals surface area (Å²) >= 11 is 1.16. The van der Waals surface area contributed by atoms with E-state index in [0.29, 0.717) is 4.88 Å². The third-order valence-electron chi connectivity index (χ3n) is 4.17. The van der Waals surface area contributed by atoms with E-state index in [-0.39, 0.29) is 11.9 Å². The number of aromatic nitrogens is 2. The fraction of sp³-hybridized carbons (Fsp3) is 0.438. The lowest BCUT2D eigenvalue weighted by Crippen LogP contribution is -2.48. The normalized spacial score (nSPS) is 19.0. The summed E-state index contributed by atoms with van der Waals surface area (Å²) in [5, 5.41) is 3.75. The second-order valence-corrected chi connectivity index (χ2v) is 6.50. The van der Waals surface area contributed by atoms with Crippen LogP contribution in [0.25, 0.3) is 0 Å². The molecule has 0 spiro atoms. The predicted octanol–water partition coefficient (Wildman–Crippen LogP) is 2.27. The molecule has 2 aromatic rings. The molecule has 3 rings (SSSR count). The van der Waals surface area contributed by atoms with Crippen molar-refractivity contribution in [1.29, 1.82) is 0 Å². The molecular weight excluding hydrogens is 296 g/mol. The number of benzene rings is 1. The first-order valence-corrected chi connectivity index (χ1v) is 8.32. The maximum Gasteiger partial charge on any atom is 0.267 e. The summed E-state index contributed by atoms with van der Waals surface area (Å²) in [6.07, 6.45) is 3.73. The summed E-state index contributed by atoms with van der Waals surface area (Å²) in [4.78, 5) is 17.3. The average Bonchev–Trinajstić information content (AvgIpc) is 3.09. The molecule has 1 unspecified atom stereocenters. The van der Waals surface area contributed by atoms with Crippen molar-refractivity contribution in [2.75, 3.05) is 20.1 Å². The number of rotatable bonds is 4. The van der Waals surface area contributed by atoms with Gasteiger partial charge in [0.25, 0.3) is 5.91 Å². The molecule has 1 aliphatic rings. The Bertz CT molecular complexity index is 602. The summed E-state index contributed by atoms with van der Waals surface area (Å²) < 4.78 is 3.78. The van der Waals surface area contributed by atoms with Gasteiger partial charge in [-0.15, -0.1) is 5.10 Å². The number of hydrogen-bond donors (Lipinski definition) is 0. The lowest BCUT2D eigenvalue weighted by Gasteiger charge is -2.37. The first kappa shape index (κ1) is 15.1. The monoisotopic (exact) mass is 316 g/mol. The SMILES string of the molecule is CN(C(=O)c1cnns1)C1CCCN(Cc2ccccc2)C1. The zero-order valence-electron chi connectivity index (χ0n) is 12.7. The molecule has 1 aliphatic heterocycles. The standard InChI is InChI=1S/C16H20N4OS/c1-19(16(21)15-10-17-18-22-15)14-8-5-9-20(12-14)11-13-6-3-2-4-7-13/h2-4,6-7,10,14H,5,8-9,11-12H2,1H3. The second-order valence-electron chi connectivity index (χ2n) is 5.71. The van der Waals surface area contributed by atoms with Crippen LogP contribution in [0.15, 0.2) is 36.5 Å². The largest absolute Gasteiger partial charge is 0.337 e. The maximum atomic E-state index is 12.4. The first-order chi connectivity index (χ1) is 10.7. The summed E-state index contributed by atoms with van der Waals surface area (Å²) in [5.74, 6) is 0.0292. The van der Waals surface area contributed by atoms with E-state index in [1.807, 2.05) is 18.0 Å². The van der Waals surface area contributed by atoms with Crippen LogP contribution in [0.4, 0.5) is 0 Å². The van der Waals surface area contributed by atoms with Gasteiger partial charge in [0, 0.05) is 26.2 Å². The molecule has 1 saturated heterocycles. The van der Waals surface area contributed by atoms with Crippen molar-refractivity contribution in [3.8, 4) is 0 Å². The van der Waals surface area contributed by atoms with Crippen molar-refractivity contribution < 1.29 is 4.79 Å². The zero-order chi connectivity index (χ0) is 15.4. The molecule has 1 amide bonds. The highest BCUT2D eigenvalue weighted by Gasteiger charge is 2.27. The Morgan fingerprint density at radius 1 is 1.41 bits per heavy atom. The van der Waals surface area contributed by atoms with Crippen LogP contribution in [-0.2, 0) is 6.54 Å². The van der Waals surface area contributed by atoms with Crippen molar-refractivity contribution in [1.82, 2.24) is 19.4 Å². The van der Waals surface area contributed by atoms with Gasteiger partial charge in [0.15, 0.2) is 0 Å². The quantitative estimate of drug-likeness (QED) is 0.868. The number of carbonyl (C=O) groups is 1. The van der Waals surface area contributed by atoms with Gasteiger partial charge in [-0.2, -0.15) is 0 Å². The Morgan fingerprint density at radius 2 is 2.23 bits per heavy atom. The number of piperidine rings is 1. The summed E-state index contributed by atoms with van der Waals surface area (Å²) in [6.45, 7) is 2.96. The van der Waals surface area contributed by atoms with Crippen LogP contribution in [0.2, 0.25) is 0 Å². The summed E-state index contributed by atoms with van der Waals surface area (Å²) in [6, 6.07) is 10.7. The number of likely N-dealkylation sites (N-methyl/N-ethyl adjacent to an activating group) is 1. The Balaban J connectivity index is 1.61. The molecule has 5 nitrogen and oxygen atoms in total. The minimum Gasteiger partial charge on any atom is -0.337 e. The van der Waals surface area contributed by atoms with Crippen molar-refractivity contribution in [3.05, 3.63) is 47.0 Å². The second kappa shape index (κ2) is 6.98. The molecule has 22 heavy (non-hydrogen) atoms. The summed E-state index contributed by atoms with van der Waals surface area (Å²) in [5.41, 5.74) is 1.32. The Labute approximate surface area is 134 Å². The van der Waals surface area contributed by atoms with Gasteiger partial charge in [-0.1, -0.05) is 34.8 Å². The smallest absolute Gasteiger partial charge is 0.267 e. The first-order valence-electron chi connectivity index (χ1n) is 7.55. The van der Waals surface area contributed by atoms with Gasteiger partial charge >= 0.3 is 0 Å². The molecule has 0 radical (unpaired) electrons.